The van der Waals surface area contributed by atoms with Crippen molar-refractivity contribution < 1.29 is 9.53 Å². The van der Waals surface area contributed by atoms with Crippen LogP contribution in [0, 0.1) is 0 Å². The van der Waals surface area contributed by atoms with E-state index in [1.54, 1.807) is 44.0 Å². The van der Waals surface area contributed by atoms with Gasteiger partial charge in [0, 0.05) is 31.8 Å². The number of amides is 1. The standard InChI is InChI=1S/C18H19N3O3/c1-20-14-9-8-12(10-15(14)21(2)18(20)23)17(22)19-11-13-6-4-5-7-16(13)24-3/h4-10H,11H2,1-3H3,(H,19,22). The van der Waals surface area contributed by atoms with Crippen molar-refractivity contribution in [2.24, 2.45) is 14.1 Å². The maximum absolute atomic E-state index is 12.4. The number of para-hydroxylation sites is 1. The number of ether oxygens (including phenoxy) is 1. The number of hydrogen-bond donors (Lipinski definition) is 1. The highest BCUT2D eigenvalue weighted by atomic mass is 16.5. The molecule has 0 atom stereocenters. The molecule has 3 aromatic rings. The molecule has 0 aliphatic heterocycles. The van der Waals surface area contributed by atoms with E-state index in [1.165, 1.54) is 4.57 Å². The van der Waals surface area contributed by atoms with Crippen molar-refractivity contribution in [1.82, 2.24) is 14.5 Å². The topological polar surface area (TPSA) is 65.3 Å². The zero-order valence-electron chi connectivity index (χ0n) is 13.9. The van der Waals surface area contributed by atoms with Gasteiger partial charge >= 0.3 is 5.69 Å². The van der Waals surface area contributed by atoms with Crippen molar-refractivity contribution in [2.45, 2.75) is 6.54 Å². The SMILES string of the molecule is COc1ccccc1CNC(=O)c1ccc2c(c1)n(C)c(=O)n2C. The Hall–Kier alpha value is -3.02. The van der Waals surface area contributed by atoms with Crippen LogP contribution in [-0.4, -0.2) is 22.2 Å². The number of carbonyl (C=O) groups is 1. The van der Waals surface area contributed by atoms with Crippen LogP contribution in [0.15, 0.2) is 47.3 Å². The first kappa shape index (κ1) is 15.9. The lowest BCUT2D eigenvalue weighted by Crippen LogP contribution is -2.23. The van der Waals surface area contributed by atoms with Crippen LogP contribution in [0.25, 0.3) is 11.0 Å². The molecule has 0 saturated carbocycles. The fraction of sp³-hybridized carbons (Fsp3) is 0.222. The van der Waals surface area contributed by atoms with Crippen LogP contribution in [-0.2, 0) is 20.6 Å². The molecule has 0 unspecified atom stereocenters. The molecule has 0 spiro atoms. The van der Waals surface area contributed by atoms with E-state index < -0.39 is 0 Å². The Morgan fingerprint density at radius 2 is 1.79 bits per heavy atom. The molecule has 24 heavy (non-hydrogen) atoms. The highest BCUT2D eigenvalue weighted by Crippen LogP contribution is 2.18. The first-order valence-electron chi connectivity index (χ1n) is 7.58. The number of nitrogens with zero attached hydrogens (tertiary/aromatic N) is 2. The first-order chi connectivity index (χ1) is 11.5. The van der Waals surface area contributed by atoms with Crippen molar-refractivity contribution in [3.63, 3.8) is 0 Å². The summed E-state index contributed by atoms with van der Waals surface area (Å²) in [6, 6.07) is 12.8. The summed E-state index contributed by atoms with van der Waals surface area (Å²) in [5.41, 5.74) is 2.83. The Morgan fingerprint density at radius 3 is 2.54 bits per heavy atom. The minimum absolute atomic E-state index is 0.114. The molecule has 0 aliphatic rings. The van der Waals surface area contributed by atoms with Crippen molar-refractivity contribution in [3.05, 3.63) is 64.1 Å². The zero-order chi connectivity index (χ0) is 17.3. The van der Waals surface area contributed by atoms with Gasteiger partial charge in [-0.2, -0.15) is 0 Å². The van der Waals surface area contributed by atoms with Crippen molar-refractivity contribution in [1.29, 1.82) is 0 Å². The average Bonchev–Trinajstić information content (AvgIpc) is 2.84. The van der Waals surface area contributed by atoms with E-state index >= 15 is 0 Å². The molecule has 2 aromatic carbocycles. The maximum atomic E-state index is 12.4. The predicted octanol–water partition coefficient (Wildman–Crippen LogP) is 1.82. The molecule has 3 rings (SSSR count). The molecule has 6 nitrogen and oxygen atoms in total. The molecule has 1 heterocycles. The van der Waals surface area contributed by atoms with Crippen molar-refractivity contribution >= 4 is 16.9 Å². The van der Waals surface area contributed by atoms with E-state index in [0.717, 1.165) is 22.3 Å². The van der Waals surface area contributed by atoms with Crippen molar-refractivity contribution in [2.75, 3.05) is 7.11 Å². The molecule has 0 fully saturated rings. The quantitative estimate of drug-likeness (QED) is 0.796. The van der Waals surface area contributed by atoms with E-state index in [-0.39, 0.29) is 11.6 Å². The number of imidazole rings is 1. The summed E-state index contributed by atoms with van der Waals surface area (Å²) in [4.78, 5) is 24.4. The van der Waals surface area contributed by atoms with Crippen LogP contribution in [0.4, 0.5) is 0 Å². The molecular weight excluding hydrogens is 306 g/mol. The monoisotopic (exact) mass is 325 g/mol. The second kappa shape index (κ2) is 6.23. The van der Waals surface area contributed by atoms with E-state index in [2.05, 4.69) is 5.32 Å². The fourth-order valence-corrected chi connectivity index (χ4v) is 2.77. The van der Waals surface area contributed by atoms with Gasteiger partial charge in [-0.1, -0.05) is 18.2 Å². The van der Waals surface area contributed by atoms with Crippen LogP contribution in [0.3, 0.4) is 0 Å². The highest BCUT2D eigenvalue weighted by molar-refractivity contribution is 5.97. The molecule has 0 aliphatic carbocycles. The Labute approximate surface area is 139 Å². The summed E-state index contributed by atoms with van der Waals surface area (Å²) < 4.78 is 8.38. The molecule has 0 saturated heterocycles. The lowest BCUT2D eigenvalue weighted by Gasteiger charge is -2.09. The van der Waals surface area contributed by atoms with Gasteiger partial charge in [-0.05, 0) is 24.3 Å². The predicted molar refractivity (Wildman–Crippen MR) is 92.3 cm³/mol. The molecule has 6 heteroatoms. The number of fused-ring (bicyclic) bond motifs is 1. The lowest BCUT2D eigenvalue weighted by molar-refractivity contribution is 0.0951. The van der Waals surface area contributed by atoms with Gasteiger partial charge in [0.05, 0.1) is 18.1 Å². The minimum atomic E-state index is -0.195. The molecular formula is C18H19N3O3. The highest BCUT2D eigenvalue weighted by Gasteiger charge is 2.12. The van der Waals surface area contributed by atoms with Crippen LogP contribution < -0.4 is 15.7 Å². The van der Waals surface area contributed by atoms with Gasteiger partial charge in [-0.3, -0.25) is 13.9 Å². The maximum Gasteiger partial charge on any atom is 0.328 e. The molecule has 1 aromatic heterocycles. The summed E-state index contributed by atoms with van der Waals surface area (Å²) in [7, 11) is 5.01. The van der Waals surface area contributed by atoms with Gasteiger partial charge in [0.15, 0.2) is 0 Å². The molecule has 0 radical (unpaired) electrons. The van der Waals surface area contributed by atoms with Crippen molar-refractivity contribution in [3.8, 4) is 5.75 Å². The Kier molecular flexibility index (Phi) is 4.12. The number of aryl methyl sites for hydroxylation is 2. The molecule has 124 valence electrons. The summed E-state index contributed by atoms with van der Waals surface area (Å²) >= 11 is 0. The Bertz CT molecular complexity index is 969. The van der Waals surface area contributed by atoms with Gasteiger partial charge in [0.2, 0.25) is 0 Å². The molecule has 1 N–H and O–H groups in total. The van der Waals surface area contributed by atoms with E-state index in [9.17, 15) is 9.59 Å². The minimum Gasteiger partial charge on any atom is -0.496 e. The largest absolute Gasteiger partial charge is 0.496 e. The van der Waals surface area contributed by atoms with Crippen LogP contribution in [0.2, 0.25) is 0 Å². The Morgan fingerprint density at radius 1 is 1.08 bits per heavy atom. The van der Waals surface area contributed by atoms with E-state index in [0.29, 0.717) is 12.1 Å². The smallest absolute Gasteiger partial charge is 0.328 e. The van der Waals surface area contributed by atoms with Gasteiger partial charge in [0.25, 0.3) is 5.91 Å². The number of aromatic nitrogens is 2. The third kappa shape index (κ3) is 2.67. The van der Waals surface area contributed by atoms with Crippen LogP contribution in [0.1, 0.15) is 15.9 Å². The summed E-state index contributed by atoms with van der Waals surface area (Å²) in [6.07, 6.45) is 0. The number of carbonyl (C=O) groups excluding carboxylic acids is 1. The van der Waals surface area contributed by atoms with Gasteiger partial charge in [-0.15, -0.1) is 0 Å². The summed E-state index contributed by atoms with van der Waals surface area (Å²) in [5.74, 6) is 0.540. The van der Waals surface area contributed by atoms with E-state index in [4.69, 9.17) is 4.74 Å². The number of methoxy groups -OCH3 is 1. The number of rotatable bonds is 4. The second-order valence-electron chi connectivity index (χ2n) is 5.60. The Balaban J connectivity index is 1.84. The zero-order valence-corrected chi connectivity index (χ0v) is 13.9. The summed E-state index contributed by atoms with van der Waals surface area (Å²) in [6.45, 7) is 0.370. The fourth-order valence-electron chi connectivity index (χ4n) is 2.77. The molecule has 0 bridgehead atoms. The summed E-state index contributed by atoms with van der Waals surface area (Å²) in [5, 5.41) is 2.88. The first-order valence-corrected chi connectivity index (χ1v) is 7.58. The van der Waals surface area contributed by atoms with Gasteiger partial charge in [0.1, 0.15) is 5.75 Å². The normalized spacial score (nSPS) is 10.8. The van der Waals surface area contributed by atoms with Crippen LogP contribution >= 0.6 is 0 Å². The van der Waals surface area contributed by atoms with Crippen LogP contribution in [0.5, 0.6) is 5.75 Å². The third-order valence-electron chi connectivity index (χ3n) is 4.17. The van der Waals surface area contributed by atoms with Gasteiger partial charge < -0.3 is 10.1 Å². The average molecular weight is 325 g/mol. The molecule has 1 amide bonds. The van der Waals surface area contributed by atoms with Gasteiger partial charge in [-0.25, -0.2) is 4.79 Å². The number of benzene rings is 2. The third-order valence-corrected chi connectivity index (χ3v) is 4.17. The van der Waals surface area contributed by atoms with E-state index in [1.807, 2.05) is 24.3 Å². The number of hydrogen-bond acceptors (Lipinski definition) is 3. The number of nitrogens with one attached hydrogen (secondary N) is 1. The lowest BCUT2D eigenvalue weighted by atomic mass is 10.1. The second-order valence-corrected chi connectivity index (χ2v) is 5.60.